The van der Waals surface area contributed by atoms with Gasteiger partial charge in [-0.3, -0.25) is 4.90 Å². The lowest BCUT2D eigenvalue weighted by molar-refractivity contribution is 0.0398. The van der Waals surface area contributed by atoms with Crippen LogP contribution in [-0.4, -0.2) is 60.8 Å². The van der Waals surface area contributed by atoms with Crippen molar-refractivity contribution >= 4 is 11.8 Å². The molecule has 6 nitrogen and oxygen atoms in total. The average molecular weight is 345 g/mol. The van der Waals surface area contributed by atoms with Crippen molar-refractivity contribution in [1.29, 1.82) is 0 Å². The van der Waals surface area contributed by atoms with Crippen LogP contribution >= 0.6 is 0 Å². The highest BCUT2D eigenvalue weighted by Gasteiger charge is 2.10. The van der Waals surface area contributed by atoms with E-state index < -0.39 is 0 Å². The molecule has 2 aliphatic rings. The number of ether oxygens (including phenoxy) is 1. The number of anilines is 2. The standard InChI is InChI=1S/C19H31N5O/c1-16-15-18(20-8-7-17-5-3-2-4-6-17)23-19(22-16)21-9-10-24-11-13-25-14-12-24/h5,15H,2-4,6-14H2,1H3,(H2,20,21,22,23). The van der Waals surface area contributed by atoms with Crippen molar-refractivity contribution in [3.05, 3.63) is 23.4 Å². The summed E-state index contributed by atoms with van der Waals surface area (Å²) in [6.45, 7) is 8.52. The Labute approximate surface area is 151 Å². The van der Waals surface area contributed by atoms with E-state index in [9.17, 15) is 0 Å². The molecule has 2 heterocycles. The number of nitrogens with zero attached hydrogens (tertiary/aromatic N) is 3. The van der Waals surface area contributed by atoms with Crippen molar-refractivity contribution in [2.45, 2.75) is 39.0 Å². The smallest absolute Gasteiger partial charge is 0.224 e. The summed E-state index contributed by atoms with van der Waals surface area (Å²) in [6, 6.07) is 2.02. The molecule has 6 heteroatoms. The van der Waals surface area contributed by atoms with Crippen LogP contribution in [0.25, 0.3) is 0 Å². The molecule has 0 aromatic carbocycles. The Balaban J connectivity index is 1.43. The molecule has 1 aliphatic heterocycles. The van der Waals surface area contributed by atoms with Crippen molar-refractivity contribution in [3.8, 4) is 0 Å². The number of allylic oxidation sites excluding steroid dienone is 1. The third kappa shape index (κ3) is 6.29. The zero-order chi connectivity index (χ0) is 17.3. The van der Waals surface area contributed by atoms with E-state index in [-0.39, 0.29) is 0 Å². The molecule has 1 aliphatic carbocycles. The minimum atomic E-state index is 0.715. The molecular formula is C19H31N5O. The molecule has 138 valence electrons. The van der Waals surface area contributed by atoms with Crippen LogP contribution in [0.5, 0.6) is 0 Å². The normalized spacial score (nSPS) is 18.7. The first-order valence-electron chi connectivity index (χ1n) is 9.61. The summed E-state index contributed by atoms with van der Waals surface area (Å²) in [7, 11) is 0. The monoisotopic (exact) mass is 345 g/mol. The Morgan fingerprint density at radius 3 is 2.80 bits per heavy atom. The molecule has 2 N–H and O–H groups in total. The summed E-state index contributed by atoms with van der Waals surface area (Å²) in [5, 5.41) is 6.81. The van der Waals surface area contributed by atoms with E-state index in [0.29, 0.717) is 5.95 Å². The fourth-order valence-electron chi connectivity index (χ4n) is 3.37. The summed E-state index contributed by atoms with van der Waals surface area (Å²) >= 11 is 0. The van der Waals surface area contributed by atoms with Crippen LogP contribution in [0.2, 0.25) is 0 Å². The zero-order valence-electron chi connectivity index (χ0n) is 15.4. The van der Waals surface area contributed by atoms with Crippen LogP contribution in [0.3, 0.4) is 0 Å². The molecule has 1 aromatic heterocycles. The fourth-order valence-corrected chi connectivity index (χ4v) is 3.37. The predicted octanol–water partition coefficient (Wildman–Crippen LogP) is 2.83. The largest absolute Gasteiger partial charge is 0.379 e. The van der Waals surface area contributed by atoms with Crippen molar-refractivity contribution in [2.75, 3.05) is 56.6 Å². The molecule has 1 aromatic rings. The Hall–Kier alpha value is -1.66. The Morgan fingerprint density at radius 2 is 2.00 bits per heavy atom. The van der Waals surface area contributed by atoms with Crippen molar-refractivity contribution in [1.82, 2.24) is 14.9 Å². The molecule has 1 fully saturated rings. The van der Waals surface area contributed by atoms with E-state index in [1.165, 1.54) is 25.7 Å². The van der Waals surface area contributed by atoms with Crippen molar-refractivity contribution in [2.24, 2.45) is 0 Å². The summed E-state index contributed by atoms with van der Waals surface area (Å²) in [4.78, 5) is 11.5. The van der Waals surface area contributed by atoms with Gasteiger partial charge >= 0.3 is 0 Å². The second-order valence-electron chi connectivity index (χ2n) is 6.88. The number of aromatic nitrogens is 2. The van der Waals surface area contributed by atoms with Gasteiger partial charge in [-0.25, -0.2) is 4.98 Å². The molecular weight excluding hydrogens is 314 g/mol. The second-order valence-corrected chi connectivity index (χ2v) is 6.88. The Morgan fingerprint density at radius 1 is 1.12 bits per heavy atom. The maximum absolute atomic E-state index is 5.38. The van der Waals surface area contributed by atoms with Gasteiger partial charge in [-0.15, -0.1) is 0 Å². The fraction of sp³-hybridized carbons (Fsp3) is 0.684. The summed E-state index contributed by atoms with van der Waals surface area (Å²) in [5.74, 6) is 1.63. The van der Waals surface area contributed by atoms with Gasteiger partial charge in [-0.1, -0.05) is 11.6 Å². The van der Waals surface area contributed by atoms with Gasteiger partial charge < -0.3 is 15.4 Å². The number of aryl methyl sites for hydroxylation is 1. The molecule has 0 radical (unpaired) electrons. The van der Waals surface area contributed by atoms with E-state index in [1.54, 1.807) is 5.57 Å². The molecule has 1 saturated heterocycles. The SMILES string of the molecule is Cc1cc(NCCC2=CCCCC2)nc(NCCN2CCOCC2)n1. The summed E-state index contributed by atoms with van der Waals surface area (Å²) in [6.07, 6.45) is 8.73. The lowest BCUT2D eigenvalue weighted by atomic mass is 9.97. The molecule has 0 amide bonds. The van der Waals surface area contributed by atoms with Gasteiger partial charge in [0.2, 0.25) is 5.95 Å². The van der Waals surface area contributed by atoms with Crippen LogP contribution < -0.4 is 10.6 Å². The number of hydrogen-bond acceptors (Lipinski definition) is 6. The molecule has 0 atom stereocenters. The van der Waals surface area contributed by atoms with Crippen molar-refractivity contribution in [3.63, 3.8) is 0 Å². The lowest BCUT2D eigenvalue weighted by Gasteiger charge is -2.26. The molecule has 0 unspecified atom stereocenters. The van der Waals surface area contributed by atoms with E-state index >= 15 is 0 Å². The number of hydrogen-bond donors (Lipinski definition) is 2. The van der Waals surface area contributed by atoms with Gasteiger partial charge in [0, 0.05) is 44.5 Å². The van der Waals surface area contributed by atoms with E-state index in [4.69, 9.17) is 4.74 Å². The third-order valence-corrected chi connectivity index (χ3v) is 4.81. The first-order valence-corrected chi connectivity index (χ1v) is 9.61. The predicted molar refractivity (Wildman–Crippen MR) is 102 cm³/mol. The summed E-state index contributed by atoms with van der Waals surface area (Å²) < 4.78 is 5.38. The quantitative estimate of drug-likeness (QED) is 0.707. The second kappa shape index (κ2) is 9.73. The zero-order valence-corrected chi connectivity index (χ0v) is 15.4. The maximum Gasteiger partial charge on any atom is 0.224 e. The third-order valence-electron chi connectivity index (χ3n) is 4.81. The van der Waals surface area contributed by atoms with Crippen LogP contribution in [0, 0.1) is 6.92 Å². The molecule has 0 bridgehead atoms. The van der Waals surface area contributed by atoms with Crippen LogP contribution in [0.1, 0.15) is 37.8 Å². The van der Waals surface area contributed by atoms with E-state index in [2.05, 4.69) is 31.6 Å². The highest BCUT2D eigenvalue weighted by atomic mass is 16.5. The Kier molecular flexibility index (Phi) is 7.06. The number of morpholine rings is 1. The van der Waals surface area contributed by atoms with Gasteiger partial charge in [-0.2, -0.15) is 4.98 Å². The van der Waals surface area contributed by atoms with Crippen LogP contribution in [0.4, 0.5) is 11.8 Å². The molecule has 0 saturated carbocycles. The topological polar surface area (TPSA) is 62.3 Å². The Bertz CT molecular complexity index is 569. The van der Waals surface area contributed by atoms with Gasteiger partial charge in [-0.05, 0) is 39.0 Å². The van der Waals surface area contributed by atoms with E-state index in [1.807, 2.05) is 13.0 Å². The average Bonchev–Trinajstić information content (AvgIpc) is 2.63. The minimum absolute atomic E-state index is 0.715. The highest BCUT2D eigenvalue weighted by molar-refractivity contribution is 5.42. The van der Waals surface area contributed by atoms with Crippen LogP contribution in [-0.2, 0) is 4.74 Å². The molecule has 0 spiro atoms. The van der Waals surface area contributed by atoms with Crippen molar-refractivity contribution < 1.29 is 4.74 Å². The van der Waals surface area contributed by atoms with Gasteiger partial charge in [0.05, 0.1) is 13.2 Å². The highest BCUT2D eigenvalue weighted by Crippen LogP contribution is 2.20. The first-order chi connectivity index (χ1) is 12.3. The lowest BCUT2D eigenvalue weighted by Crippen LogP contribution is -2.39. The number of rotatable bonds is 8. The molecule has 25 heavy (non-hydrogen) atoms. The number of nitrogens with one attached hydrogen (secondary N) is 2. The van der Waals surface area contributed by atoms with E-state index in [0.717, 1.165) is 63.9 Å². The minimum Gasteiger partial charge on any atom is -0.379 e. The van der Waals surface area contributed by atoms with Crippen LogP contribution in [0.15, 0.2) is 17.7 Å². The van der Waals surface area contributed by atoms with Gasteiger partial charge in [0.1, 0.15) is 5.82 Å². The van der Waals surface area contributed by atoms with Gasteiger partial charge in [0.25, 0.3) is 0 Å². The first kappa shape index (κ1) is 18.1. The molecule has 3 rings (SSSR count). The summed E-state index contributed by atoms with van der Waals surface area (Å²) in [5.41, 5.74) is 2.58. The maximum atomic E-state index is 5.38. The van der Waals surface area contributed by atoms with Gasteiger partial charge in [0.15, 0.2) is 0 Å².